The summed E-state index contributed by atoms with van der Waals surface area (Å²) in [6.45, 7) is 2.09. The van der Waals surface area contributed by atoms with Gasteiger partial charge in [0.2, 0.25) is 0 Å². The first kappa shape index (κ1) is 49.9. The molecule has 0 aliphatic carbocycles. The lowest BCUT2D eigenvalue weighted by molar-refractivity contribution is -0.161. The molecule has 2 unspecified atom stereocenters. The van der Waals surface area contributed by atoms with Crippen molar-refractivity contribution in [3.63, 3.8) is 0 Å². The number of carbonyl (C=O) groups excluding carboxylic acids is 2. The Morgan fingerprint density at radius 2 is 1.27 bits per heavy atom. The van der Waals surface area contributed by atoms with E-state index in [1.165, 1.54) is 25.7 Å². The third kappa shape index (κ3) is 34.9. The van der Waals surface area contributed by atoms with Gasteiger partial charge in [-0.15, -0.1) is 0 Å². The minimum atomic E-state index is -4.64. The molecule has 0 fully saturated rings. The number of allylic oxidation sites excluding steroid dienone is 7. The molecule has 4 N–H and O–H groups in total. The van der Waals surface area contributed by atoms with Crippen molar-refractivity contribution in [3.8, 4) is 0 Å². The zero-order chi connectivity index (χ0) is 38.5. The Labute approximate surface area is 314 Å². The number of esters is 2. The van der Waals surface area contributed by atoms with Crippen molar-refractivity contribution in [2.24, 2.45) is 0 Å². The van der Waals surface area contributed by atoms with Crippen LogP contribution in [0.1, 0.15) is 149 Å². The summed E-state index contributed by atoms with van der Waals surface area (Å²) < 4.78 is 32.5. The SMILES string of the molecule is CC/C=C/C/C=C/C=C/C(O)CCCCCCCC(=O)O[C@H](COC(=O)CCCCCCC/C=C\CCCCCC)COP(=O)(O)OC[C@@H](O)CO. The van der Waals surface area contributed by atoms with Crippen molar-refractivity contribution in [2.45, 2.75) is 167 Å². The van der Waals surface area contributed by atoms with Crippen molar-refractivity contribution in [2.75, 3.05) is 26.4 Å². The fraction of sp³-hybridized carbons (Fsp3) is 0.750. The fourth-order valence-corrected chi connectivity index (χ4v) is 5.78. The first-order valence-corrected chi connectivity index (χ1v) is 21.2. The number of unbranched alkanes of at least 4 members (excludes halogenated alkanes) is 13. The van der Waals surface area contributed by atoms with Crippen molar-refractivity contribution >= 4 is 19.8 Å². The molecule has 0 aliphatic heterocycles. The lowest BCUT2D eigenvalue weighted by Crippen LogP contribution is -2.29. The predicted octanol–water partition coefficient (Wildman–Crippen LogP) is 8.75. The average Bonchev–Trinajstić information content (AvgIpc) is 3.12. The van der Waals surface area contributed by atoms with Crippen LogP contribution in [0.5, 0.6) is 0 Å². The van der Waals surface area contributed by atoms with E-state index < -0.39 is 57.9 Å². The molecule has 0 radical (unpaired) electrons. The lowest BCUT2D eigenvalue weighted by atomic mass is 10.1. The molecule has 11 nitrogen and oxygen atoms in total. The summed E-state index contributed by atoms with van der Waals surface area (Å²) in [5, 5.41) is 28.4. The Kier molecular flexibility index (Phi) is 34.4. The van der Waals surface area contributed by atoms with Crippen LogP contribution in [0.4, 0.5) is 0 Å². The fourth-order valence-electron chi connectivity index (χ4n) is 4.99. The Morgan fingerprint density at radius 3 is 1.92 bits per heavy atom. The maximum Gasteiger partial charge on any atom is 0.472 e. The summed E-state index contributed by atoms with van der Waals surface area (Å²) in [7, 11) is -4.64. The number of phosphoric acid groups is 1. The normalized spacial score (nSPS) is 15.1. The summed E-state index contributed by atoms with van der Waals surface area (Å²) in [6, 6.07) is 0. The molecule has 0 amide bonds. The zero-order valence-corrected chi connectivity index (χ0v) is 33.0. The summed E-state index contributed by atoms with van der Waals surface area (Å²) in [4.78, 5) is 34.9. The number of phosphoric ester groups is 1. The second kappa shape index (κ2) is 35.9. The van der Waals surface area contributed by atoms with E-state index in [2.05, 4.69) is 42.7 Å². The maximum atomic E-state index is 12.6. The minimum Gasteiger partial charge on any atom is -0.462 e. The van der Waals surface area contributed by atoms with Crippen LogP contribution in [0.15, 0.2) is 48.6 Å². The molecular weight excluding hydrogens is 687 g/mol. The molecule has 302 valence electrons. The van der Waals surface area contributed by atoms with Crippen molar-refractivity contribution < 1.29 is 52.9 Å². The number of ether oxygens (including phenoxy) is 2. The molecule has 4 atom stereocenters. The molecule has 12 heteroatoms. The highest BCUT2D eigenvalue weighted by Crippen LogP contribution is 2.43. The van der Waals surface area contributed by atoms with E-state index >= 15 is 0 Å². The Morgan fingerprint density at radius 1 is 0.673 bits per heavy atom. The minimum absolute atomic E-state index is 0.111. The molecule has 0 saturated heterocycles. The van der Waals surface area contributed by atoms with Crippen molar-refractivity contribution in [1.29, 1.82) is 0 Å². The summed E-state index contributed by atoms with van der Waals surface area (Å²) in [5.41, 5.74) is 0. The van der Waals surface area contributed by atoms with E-state index in [1.807, 2.05) is 18.2 Å². The standard InChI is InChI=1S/C40H71O11P/c1-3-5-7-9-11-12-13-14-15-16-18-22-26-30-39(44)48-34-38(35-50-52(46,47)49-33-37(43)32-41)51-40(45)31-27-23-19-21-25-29-36(42)28-24-20-17-10-8-6-4-2/h6,8,12-13,17,20,24,28,36-38,41-43H,3-5,7,9-11,14-16,18-19,21-23,25-27,29-35H2,1-2H3,(H,46,47)/b8-6+,13-12-,20-17+,28-24+/t36?,37-,38+/m0/s1. The molecule has 0 rings (SSSR count). The highest BCUT2D eigenvalue weighted by atomic mass is 31.2. The second-order valence-electron chi connectivity index (χ2n) is 13.1. The zero-order valence-electron chi connectivity index (χ0n) is 32.1. The van der Waals surface area contributed by atoms with E-state index in [4.69, 9.17) is 19.1 Å². The van der Waals surface area contributed by atoms with Crippen LogP contribution >= 0.6 is 7.82 Å². The Bertz CT molecular complexity index is 1030. The molecule has 52 heavy (non-hydrogen) atoms. The van der Waals surface area contributed by atoms with Crippen LogP contribution in [-0.4, -0.2) is 76.9 Å². The van der Waals surface area contributed by atoms with Gasteiger partial charge in [-0.25, -0.2) is 4.57 Å². The average molecular weight is 759 g/mol. The predicted molar refractivity (Wildman–Crippen MR) is 207 cm³/mol. The van der Waals surface area contributed by atoms with Gasteiger partial charge >= 0.3 is 19.8 Å². The Balaban J connectivity index is 4.47. The first-order chi connectivity index (χ1) is 25.1. The van der Waals surface area contributed by atoms with Gasteiger partial charge in [-0.3, -0.25) is 18.6 Å². The van der Waals surface area contributed by atoms with Crippen LogP contribution < -0.4 is 0 Å². The number of hydrogen-bond acceptors (Lipinski definition) is 10. The molecule has 0 spiro atoms. The summed E-state index contributed by atoms with van der Waals surface area (Å²) in [5.74, 6) is -1.02. The quantitative estimate of drug-likeness (QED) is 0.0158. The first-order valence-electron chi connectivity index (χ1n) is 19.7. The highest BCUT2D eigenvalue weighted by Gasteiger charge is 2.27. The number of hydrogen-bond donors (Lipinski definition) is 4. The topological polar surface area (TPSA) is 169 Å². The van der Waals surface area contributed by atoms with E-state index in [9.17, 15) is 29.3 Å². The van der Waals surface area contributed by atoms with Crippen LogP contribution in [0.25, 0.3) is 0 Å². The molecule has 0 aliphatic rings. The van der Waals surface area contributed by atoms with Gasteiger partial charge in [0.1, 0.15) is 12.7 Å². The van der Waals surface area contributed by atoms with Crippen LogP contribution in [0, 0.1) is 0 Å². The molecule has 0 bridgehead atoms. The van der Waals surface area contributed by atoms with Gasteiger partial charge in [0.15, 0.2) is 6.10 Å². The summed E-state index contributed by atoms with van der Waals surface area (Å²) >= 11 is 0. The number of aliphatic hydroxyl groups is 3. The van der Waals surface area contributed by atoms with Crippen molar-refractivity contribution in [1.82, 2.24) is 0 Å². The molecular formula is C40H71O11P. The van der Waals surface area contributed by atoms with Gasteiger partial charge in [-0.1, -0.05) is 127 Å². The van der Waals surface area contributed by atoms with E-state index in [0.29, 0.717) is 19.3 Å². The van der Waals surface area contributed by atoms with E-state index in [-0.39, 0.29) is 19.4 Å². The van der Waals surface area contributed by atoms with Crippen molar-refractivity contribution in [3.05, 3.63) is 48.6 Å². The second-order valence-corrected chi connectivity index (χ2v) is 14.6. The van der Waals surface area contributed by atoms with E-state index in [1.54, 1.807) is 6.08 Å². The van der Waals surface area contributed by atoms with E-state index in [0.717, 1.165) is 77.0 Å². The lowest BCUT2D eigenvalue weighted by Gasteiger charge is -2.20. The number of rotatable bonds is 36. The molecule has 0 aromatic rings. The van der Waals surface area contributed by atoms with Gasteiger partial charge in [-0.2, -0.15) is 0 Å². The van der Waals surface area contributed by atoms with Gasteiger partial charge in [0, 0.05) is 12.8 Å². The third-order valence-corrected chi connectivity index (χ3v) is 9.02. The van der Waals surface area contributed by atoms with Gasteiger partial charge in [0.05, 0.1) is 25.9 Å². The smallest absolute Gasteiger partial charge is 0.462 e. The largest absolute Gasteiger partial charge is 0.472 e. The molecule has 0 saturated carbocycles. The molecule has 0 heterocycles. The molecule has 0 aromatic heterocycles. The number of carbonyl (C=O) groups is 2. The van der Waals surface area contributed by atoms with Crippen LogP contribution in [-0.2, 0) is 32.7 Å². The maximum absolute atomic E-state index is 12.6. The van der Waals surface area contributed by atoms with Gasteiger partial charge < -0.3 is 29.7 Å². The van der Waals surface area contributed by atoms with Crippen LogP contribution in [0.2, 0.25) is 0 Å². The van der Waals surface area contributed by atoms with Gasteiger partial charge in [0.25, 0.3) is 0 Å². The summed E-state index contributed by atoms with van der Waals surface area (Å²) in [6.07, 6.45) is 32.4. The third-order valence-electron chi connectivity index (χ3n) is 8.07. The van der Waals surface area contributed by atoms with Gasteiger partial charge in [-0.05, 0) is 57.8 Å². The highest BCUT2D eigenvalue weighted by molar-refractivity contribution is 7.47. The number of aliphatic hydroxyl groups excluding tert-OH is 3. The Hall–Kier alpha value is -2.11. The monoisotopic (exact) mass is 758 g/mol. The van der Waals surface area contributed by atoms with Crippen LogP contribution in [0.3, 0.4) is 0 Å². The molecule has 0 aromatic carbocycles.